The maximum atomic E-state index is 14.4. The average Bonchev–Trinajstić information content (AvgIpc) is 3.94. The van der Waals surface area contributed by atoms with Crippen LogP contribution in [0.2, 0.25) is 0 Å². The molecule has 24 nitrogen and oxygen atoms in total. The van der Waals surface area contributed by atoms with Gasteiger partial charge < -0.3 is 83.0 Å². The number of rotatable bonds is 20. The third kappa shape index (κ3) is 17.6. The van der Waals surface area contributed by atoms with Crippen molar-refractivity contribution in [2.75, 3.05) is 19.6 Å². The van der Waals surface area contributed by atoms with Gasteiger partial charge in [0.15, 0.2) is 0 Å². The van der Waals surface area contributed by atoms with Crippen molar-refractivity contribution < 1.29 is 79.2 Å². The van der Waals surface area contributed by atoms with E-state index in [9.17, 15) is 79.2 Å². The molecule has 0 aromatic heterocycles. The lowest BCUT2D eigenvalue weighted by Crippen LogP contribution is -2.64. The van der Waals surface area contributed by atoms with E-state index in [2.05, 4.69) is 47.4 Å². The molecule has 4 rings (SSSR count). The van der Waals surface area contributed by atoms with Gasteiger partial charge in [0.2, 0.25) is 47.3 Å². The summed E-state index contributed by atoms with van der Waals surface area (Å²) < 4.78 is 0. The Kier molecular flexibility index (Phi) is 23.9. The number of nitrogens with one attached hydrogen (secondary N) is 5. The molecular weight excluding hydrogens is 969 g/mol. The zero-order valence-electron chi connectivity index (χ0n) is 42.8. The summed E-state index contributed by atoms with van der Waals surface area (Å²) in [4.78, 5) is 112. The largest absolute Gasteiger partial charge is 0.508 e. The Morgan fingerprint density at radius 3 is 1.99 bits per heavy atom. The minimum absolute atomic E-state index is 0.0125. The molecule has 8 amide bonds. The molecular formula is C50H80N8O16. The molecule has 3 aliphatic heterocycles. The number of carbonyl (C=O) groups excluding carboxylic acids is 8. The number of nitrogens with zero attached hydrogens (tertiary/aromatic N) is 2. The van der Waals surface area contributed by atoms with Crippen molar-refractivity contribution >= 4 is 47.3 Å². The number of benzene rings is 1. The van der Waals surface area contributed by atoms with Gasteiger partial charge in [0, 0.05) is 38.9 Å². The summed E-state index contributed by atoms with van der Waals surface area (Å²) in [6.45, 7) is 6.32. The number of hydrogen-bond acceptors (Lipinski definition) is 16. The third-order valence-electron chi connectivity index (χ3n) is 14.2. The molecule has 0 radical (unpaired) electrons. The number of nitrogens with two attached hydrogens (primary N) is 1. The summed E-state index contributed by atoms with van der Waals surface area (Å²) in [6, 6.07) is -6.74. The first-order chi connectivity index (χ1) is 34.9. The van der Waals surface area contributed by atoms with Crippen LogP contribution in [0.15, 0.2) is 24.3 Å². The molecule has 15 atom stereocenters. The fraction of sp³-hybridized carbons (Fsp3) is 0.720. The van der Waals surface area contributed by atoms with E-state index in [0.29, 0.717) is 18.3 Å². The molecule has 0 spiro atoms. The molecule has 1 aromatic rings. The smallest absolute Gasteiger partial charge is 0.248 e. The van der Waals surface area contributed by atoms with Gasteiger partial charge in [-0.15, -0.1) is 0 Å². The van der Waals surface area contributed by atoms with Crippen LogP contribution in [0.25, 0.3) is 0 Å². The van der Waals surface area contributed by atoms with Crippen LogP contribution in [0, 0.1) is 11.8 Å². The molecule has 24 heteroatoms. The number of aromatic hydroxyl groups is 1. The van der Waals surface area contributed by atoms with E-state index in [0.717, 1.165) is 73.8 Å². The standard InChI is InChI=1S/C50H80N8O16/c1-5-26(2)20-27(3)12-10-8-6-7-9-11-13-38(66)53-33-21-31(61)24-52-48(72)42-35(63)18-19-57(42)50(74)40(36(64)23-37(51)65)55-47(71)41(44(68)43(67)29-14-16-30(60)17-15-29)56-46(70)34-22-32(62)25-58(34)49(73)39(28(4)59)54-45(33)69/h14-17,26-28,31-36,39-44,59-64,67-68H,5-13,18-25H2,1-4H3,(H2,51,65)(H,52,72)(H,53,66)(H,54,69)(H,55,71)(H,56,70)/t26-,27+,28-,31-,32-,33+,34+,35+,36-,39+,40+,41+,42+,43+,44+/m1/s1. The lowest BCUT2D eigenvalue weighted by Gasteiger charge is -2.34. The van der Waals surface area contributed by atoms with E-state index in [1.165, 1.54) is 18.6 Å². The number of amides is 8. The molecule has 0 bridgehead atoms. The quantitative estimate of drug-likeness (QED) is 0.0593. The predicted octanol–water partition coefficient (Wildman–Crippen LogP) is -2.66. The number of fused-ring (bicyclic) bond motifs is 2. The second kappa shape index (κ2) is 29.0. The van der Waals surface area contributed by atoms with Crippen molar-refractivity contribution in [2.24, 2.45) is 17.6 Å². The summed E-state index contributed by atoms with van der Waals surface area (Å²) in [5.41, 5.74) is 5.24. The second-order valence-corrected chi connectivity index (χ2v) is 20.5. The van der Waals surface area contributed by atoms with Crippen LogP contribution < -0.4 is 32.3 Å². The first-order valence-electron chi connectivity index (χ1n) is 25.9. The Morgan fingerprint density at radius 2 is 1.35 bits per heavy atom. The van der Waals surface area contributed by atoms with Gasteiger partial charge in [0.25, 0.3) is 0 Å². The number of unbranched alkanes of at least 4 members (excludes halogenated alkanes) is 5. The molecule has 1 aromatic carbocycles. The Balaban J connectivity index is 1.67. The Labute approximate surface area is 431 Å². The average molecular weight is 1050 g/mol. The third-order valence-corrected chi connectivity index (χ3v) is 14.2. The number of carbonyl (C=O) groups is 8. The maximum absolute atomic E-state index is 14.4. The van der Waals surface area contributed by atoms with Gasteiger partial charge in [-0.2, -0.15) is 0 Å². The van der Waals surface area contributed by atoms with Crippen LogP contribution in [0.5, 0.6) is 5.75 Å². The number of aliphatic hydroxyl groups excluding tert-OH is 7. The summed E-state index contributed by atoms with van der Waals surface area (Å²) in [5.74, 6) is -7.85. The molecule has 74 heavy (non-hydrogen) atoms. The number of primary amides is 1. The molecule has 3 saturated heterocycles. The van der Waals surface area contributed by atoms with Gasteiger partial charge in [-0.3, -0.25) is 38.4 Å². The van der Waals surface area contributed by atoms with Crippen LogP contribution in [-0.4, -0.2) is 190 Å². The van der Waals surface area contributed by atoms with Crippen LogP contribution in [0.3, 0.4) is 0 Å². The molecule has 416 valence electrons. The van der Waals surface area contributed by atoms with Crippen molar-refractivity contribution in [3.05, 3.63) is 29.8 Å². The summed E-state index contributed by atoms with van der Waals surface area (Å²) in [5, 5.41) is 99.8. The monoisotopic (exact) mass is 1050 g/mol. The number of phenolic OH excluding ortho intramolecular Hbond substituents is 1. The number of β-amino-alcohol motifs (C(OH)–C–C–N with tert-alkyl or cyclic N) is 1. The first kappa shape index (κ1) is 61.1. The molecule has 3 heterocycles. The van der Waals surface area contributed by atoms with E-state index < -0.39 is 159 Å². The number of aliphatic hydroxyl groups is 7. The van der Waals surface area contributed by atoms with E-state index in [4.69, 9.17) is 5.73 Å². The van der Waals surface area contributed by atoms with E-state index in [1.54, 1.807) is 0 Å². The van der Waals surface area contributed by atoms with Crippen LogP contribution in [0.4, 0.5) is 0 Å². The molecule has 0 aliphatic carbocycles. The fourth-order valence-corrected chi connectivity index (χ4v) is 9.77. The van der Waals surface area contributed by atoms with Crippen LogP contribution in [0.1, 0.15) is 129 Å². The van der Waals surface area contributed by atoms with Crippen molar-refractivity contribution in [1.29, 1.82) is 0 Å². The molecule has 15 N–H and O–H groups in total. The van der Waals surface area contributed by atoms with Gasteiger partial charge in [-0.25, -0.2) is 0 Å². The van der Waals surface area contributed by atoms with Crippen molar-refractivity contribution in [1.82, 2.24) is 36.4 Å². The van der Waals surface area contributed by atoms with Gasteiger partial charge >= 0.3 is 0 Å². The second-order valence-electron chi connectivity index (χ2n) is 20.5. The Hall–Kier alpha value is -5.50. The fourth-order valence-electron chi connectivity index (χ4n) is 9.77. The zero-order valence-corrected chi connectivity index (χ0v) is 42.8. The van der Waals surface area contributed by atoms with Crippen molar-refractivity contribution in [2.45, 2.75) is 197 Å². The minimum atomic E-state index is -2.33. The Morgan fingerprint density at radius 1 is 0.743 bits per heavy atom. The molecule has 3 aliphatic rings. The predicted molar refractivity (Wildman–Crippen MR) is 264 cm³/mol. The lowest BCUT2D eigenvalue weighted by atomic mass is 9.91. The van der Waals surface area contributed by atoms with Gasteiger partial charge in [0.1, 0.15) is 54.2 Å². The summed E-state index contributed by atoms with van der Waals surface area (Å²) in [6.07, 6.45) is -6.34. The van der Waals surface area contributed by atoms with E-state index >= 15 is 0 Å². The Bertz CT molecular complexity index is 2070. The maximum Gasteiger partial charge on any atom is 0.248 e. The van der Waals surface area contributed by atoms with Gasteiger partial charge in [-0.05, 0) is 55.7 Å². The van der Waals surface area contributed by atoms with E-state index in [1.807, 2.05) is 0 Å². The van der Waals surface area contributed by atoms with Crippen molar-refractivity contribution in [3.63, 3.8) is 0 Å². The number of hydrogen-bond donors (Lipinski definition) is 14. The highest BCUT2D eigenvalue weighted by molar-refractivity contribution is 5.98. The highest BCUT2D eigenvalue weighted by Gasteiger charge is 2.48. The van der Waals surface area contributed by atoms with Gasteiger partial charge in [-0.1, -0.05) is 77.8 Å². The van der Waals surface area contributed by atoms with Crippen molar-refractivity contribution in [3.8, 4) is 5.75 Å². The first-order valence-corrected chi connectivity index (χ1v) is 25.9. The summed E-state index contributed by atoms with van der Waals surface area (Å²) in [7, 11) is 0. The number of phenols is 1. The lowest BCUT2D eigenvalue weighted by molar-refractivity contribution is -0.148. The SMILES string of the molecule is CC[C@@H](C)C[C@@H](C)CCCCCCCCC(=O)N[C@H]1C[C@@H](O)CNC(=O)[C@@H]2[C@@H](O)CCN2C(=O)[C@H]([C@H](O)CC(N)=O)NC(=O)[C@H]([C@H](O)[C@@H](O)c2ccc(O)cc2)NC(=O)[C@@H]2C[C@@H](O)CN2C(=O)[C@H]([C@@H](C)O)NC1=O. The highest BCUT2D eigenvalue weighted by Crippen LogP contribution is 2.26. The molecule has 0 unspecified atom stereocenters. The zero-order chi connectivity index (χ0) is 55.0. The summed E-state index contributed by atoms with van der Waals surface area (Å²) >= 11 is 0. The minimum Gasteiger partial charge on any atom is -0.508 e. The van der Waals surface area contributed by atoms with E-state index in [-0.39, 0.29) is 30.7 Å². The highest BCUT2D eigenvalue weighted by atomic mass is 16.3. The topological polar surface area (TPSA) is 391 Å². The van der Waals surface area contributed by atoms with Crippen LogP contribution >= 0.6 is 0 Å². The van der Waals surface area contributed by atoms with Crippen LogP contribution in [-0.2, 0) is 38.4 Å². The molecule has 3 fully saturated rings. The normalized spacial score (nSPS) is 28.2. The molecule has 0 saturated carbocycles. The van der Waals surface area contributed by atoms with Gasteiger partial charge in [0.05, 0.1) is 36.9 Å².